The van der Waals surface area contributed by atoms with Gasteiger partial charge in [0.15, 0.2) is 11.5 Å². The highest BCUT2D eigenvalue weighted by Gasteiger charge is 2.12. The molecule has 1 aromatic carbocycles. The molecule has 0 fully saturated rings. The molecule has 1 N–H and O–H groups in total. The van der Waals surface area contributed by atoms with Crippen molar-refractivity contribution in [2.75, 3.05) is 7.11 Å². The first-order chi connectivity index (χ1) is 10.5. The van der Waals surface area contributed by atoms with Crippen LogP contribution in [-0.4, -0.2) is 19.1 Å². The first-order valence-corrected chi connectivity index (χ1v) is 8.47. The Balaban J connectivity index is 2.06. The van der Waals surface area contributed by atoms with E-state index >= 15 is 0 Å². The molecule has 4 nitrogen and oxygen atoms in total. The molecule has 0 radical (unpaired) electrons. The molecule has 0 aliphatic rings. The summed E-state index contributed by atoms with van der Waals surface area (Å²) >= 11 is 5.00. The van der Waals surface area contributed by atoms with Gasteiger partial charge in [0, 0.05) is 10.4 Å². The van der Waals surface area contributed by atoms with Crippen molar-refractivity contribution in [3.05, 3.63) is 44.6 Å². The molecule has 1 amide bonds. The Kier molecular flexibility index (Phi) is 5.85. The Morgan fingerprint density at radius 1 is 1.27 bits per heavy atom. The number of hydrogen-bond acceptors (Lipinski definition) is 4. The standard InChI is InChI=1S/C16H18BrNO3S/c1-10(2)21-13-6-4-11(8-14(13)20-3)16(19)18-9-12-5-7-15(17)22-12/h4-8,10H,9H2,1-3H3,(H,18,19). The zero-order valence-electron chi connectivity index (χ0n) is 12.7. The number of thiophene rings is 1. The number of carbonyl (C=O) groups is 1. The van der Waals surface area contributed by atoms with Crippen LogP contribution in [0, 0.1) is 0 Å². The summed E-state index contributed by atoms with van der Waals surface area (Å²) in [5, 5.41) is 2.89. The van der Waals surface area contributed by atoms with E-state index in [4.69, 9.17) is 9.47 Å². The van der Waals surface area contributed by atoms with Crippen LogP contribution < -0.4 is 14.8 Å². The van der Waals surface area contributed by atoms with Gasteiger partial charge in [0.05, 0.1) is 23.5 Å². The molecule has 22 heavy (non-hydrogen) atoms. The second-order valence-electron chi connectivity index (χ2n) is 4.92. The SMILES string of the molecule is COc1cc(C(=O)NCc2ccc(Br)s2)ccc1OC(C)C. The Morgan fingerprint density at radius 2 is 2.05 bits per heavy atom. The lowest BCUT2D eigenvalue weighted by molar-refractivity contribution is 0.0951. The van der Waals surface area contributed by atoms with Crippen LogP contribution >= 0.6 is 27.3 Å². The summed E-state index contributed by atoms with van der Waals surface area (Å²) in [5.41, 5.74) is 0.545. The van der Waals surface area contributed by atoms with Crippen LogP contribution in [0.15, 0.2) is 34.1 Å². The molecule has 2 rings (SSSR count). The number of hydrogen-bond donors (Lipinski definition) is 1. The van der Waals surface area contributed by atoms with Crippen molar-refractivity contribution in [1.29, 1.82) is 0 Å². The van der Waals surface area contributed by atoms with E-state index in [0.717, 1.165) is 8.66 Å². The molecule has 1 aromatic heterocycles. The third kappa shape index (κ3) is 4.48. The fourth-order valence-electron chi connectivity index (χ4n) is 1.88. The minimum Gasteiger partial charge on any atom is -0.493 e. The van der Waals surface area contributed by atoms with Crippen molar-refractivity contribution in [2.24, 2.45) is 0 Å². The maximum Gasteiger partial charge on any atom is 0.251 e. The number of nitrogens with one attached hydrogen (secondary N) is 1. The number of amides is 1. The van der Waals surface area contributed by atoms with Crippen LogP contribution in [0.3, 0.4) is 0 Å². The predicted octanol–water partition coefficient (Wildman–Crippen LogP) is 4.24. The van der Waals surface area contributed by atoms with E-state index in [1.807, 2.05) is 26.0 Å². The summed E-state index contributed by atoms with van der Waals surface area (Å²) in [6, 6.07) is 9.13. The summed E-state index contributed by atoms with van der Waals surface area (Å²) in [5.74, 6) is 1.05. The largest absolute Gasteiger partial charge is 0.493 e. The Hall–Kier alpha value is -1.53. The second kappa shape index (κ2) is 7.65. The molecular formula is C16H18BrNO3S. The fourth-order valence-corrected chi connectivity index (χ4v) is 3.30. The molecule has 1 heterocycles. The molecular weight excluding hydrogens is 366 g/mol. The maximum atomic E-state index is 12.2. The normalized spacial score (nSPS) is 10.6. The van der Waals surface area contributed by atoms with Gasteiger partial charge in [-0.05, 0) is 60.1 Å². The number of rotatable bonds is 6. The molecule has 0 saturated heterocycles. The highest BCUT2D eigenvalue weighted by molar-refractivity contribution is 9.11. The van der Waals surface area contributed by atoms with Gasteiger partial charge in [-0.15, -0.1) is 11.3 Å². The van der Waals surface area contributed by atoms with Crippen LogP contribution in [0.4, 0.5) is 0 Å². The highest BCUT2D eigenvalue weighted by Crippen LogP contribution is 2.29. The number of benzene rings is 1. The number of methoxy groups -OCH3 is 1. The van der Waals surface area contributed by atoms with Gasteiger partial charge in [-0.2, -0.15) is 0 Å². The zero-order chi connectivity index (χ0) is 16.1. The van der Waals surface area contributed by atoms with Crippen LogP contribution in [0.25, 0.3) is 0 Å². The molecule has 0 aliphatic heterocycles. The van der Waals surface area contributed by atoms with E-state index in [-0.39, 0.29) is 12.0 Å². The molecule has 6 heteroatoms. The van der Waals surface area contributed by atoms with Gasteiger partial charge in [-0.25, -0.2) is 0 Å². The van der Waals surface area contributed by atoms with Crippen molar-refractivity contribution in [3.8, 4) is 11.5 Å². The van der Waals surface area contributed by atoms with Gasteiger partial charge < -0.3 is 14.8 Å². The number of ether oxygens (including phenoxy) is 2. The van der Waals surface area contributed by atoms with E-state index in [9.17, 15) is 4.79 Å². The van der Waals surface area contributed by atoms with Gasteiger partial charge in [-0.1, -0.05) is 0 Å². The van der Waals surface area contributed by atoms with Gasteiger partial charge >= 0.3 is 0 Å². The van der Waals surface area contributed by atoms with Crippen molar-refractivity contribution in [2.45, 2.75) is 26.5 Å². The van der Waals surface area contributed by atoms with Crippen LogP contribution in [0.5, 0.6) is 11.5 Å². The van der Waals surface area contributed by atoms with Crippen molar-refractivity contribution < 1.29 is 14.3 Å². The summed E-state index contributed by atoms with van der Waals surface area (Å²) in [4.78, 5) is 13.3. The minimum atomic E-state index is -0.140. The maximum absolute atomic E-state index is 12.2. The quantitative estimate of drug-likeness (QED) is 0.811. The first kappa shape index (κ1) is 16.8. The number of halogens is 1. The Labute approximate surface area is 142 Å². The molecule has 0 unspecified atom stereocenters. The third-order valence-corrected chi connectivity index (χ3v) is 4.46. The zero-order valence-corrected chi connectivity index (χ0v) is 15.1. The summed E-state index contributed by atoms with van der Waals surface area (Å²) in [6.45, 7) is 4.39. The first-order valence-electron chi connectivity index (χ1n) is 6.86. The smallest absolute Gasteiger partial charge is 0.251 e. The monoisotopic (exact) mass is 383 g/mol. The lowest BCUT2D eigenvalue weighted by atomic mass is 10.2. The fraction of sp³-hybridized carbons (Fsp3) is 0.312. The van der Waals surface area contributed by atoms with Crippen LogP contribution in [0.2, 0.25) is 0 Å². The molecule has 0 bridgehead atoms. The van der Waals surface area contributed by atoms with Gasteiger partial charge in [0.1, 0.15) is 0 Å². The van der Waals surface area contributed by atoms with E-state index in [1.165, 1.54) is 0 Å². The predicted molar refractivity (Wildman–Crippen MR) is 91.9 cm³/mol. The molecule has 2 aromatic rings. The van der Waals surface area contributed by atoms with E-state index in [1.54, 1.807) is 36.6 Å². The second-order valence-corrected chi connectivity index (χ2v) is 7.47. The van der Waals surface area contributed by atoms with Gasteiger partial charge in [-0.3, -0.25) is 4.79 Å². The molecule has 118 valence electrons. The number of carbonyl (C=O) groups excluding carboxylic acids is 1. The molecule has 0 aliphatic carbocycles. The third-order valence-electron chi connectivity index (χ3n) is 2.84. The molecule has 0 saturated carbocycles. The van der Waals surface area contributed by atoms with Crippen LogP contribution in [0.1, 0.15) is 29.1 Å². The summed E-state index contributed by atoms with van der Waals surface area (Å²) in [6.07, 6.45) is 0.0471. The van der Waals surface area contributed by atoms with Gasteiger partial charge in [0.2, 0.25) is 0 Å². The topological polar surface area (TPSA) is 47.6 Å². The van der Waals surface area contributed by atoms with E-state index < -0.39 is 0 Å². The molecule has 0 spiro atoms. The van der Waals surface area contributed by atoms with Gasteiger partial charge in [0.25, 0.3) is 5.91 Å². The lowest BCUT2D eigenvalue weighted by Crippen LogP contribution is -2.22. The Morgan fingerprint density at radius 3 is 2.64 bits per heavy atom. The van der Waals surface area contributed by atoms with Crippen molar-refractivity contribution >= 4 is 33.2 Å². The van der Waals surface area contributed by atoms with E-state index in [2.05, 4.69) is 21.2 Å². The van der Waals surface area contributed by atoms with Crippen LogP contribution in [-0.2, 0) is 6.54 Å². The summed E-state index contributed by atoms with van der Waals surface area (Å²) in [7, 11) is 1.56. The van der Waals surface area contributed by atoms with Crippen molar-refractivity contribution in [1.82, 2.24) is 5.32 Å². The summed E-state index contributed by atoms with van der Waals surface area (Å²) < 4.78 is 12.0. The Bertz CT molecular complexity index is 655. The van der Waals surface area contributed by atoms with E-state index in [0.29, 0.717) is 23.6 Å². The average molecular weight is 384 g/mol. The highest BCUT2D eigenvalue weighted by atomic mass is 79.9. The van der Waals surface area contributed by atoms with Crippen molar-refractivity contribution in [3.63, 3.8) is 0 Å². The minimum absolute atomic E-state index is 0.0471. The average Bonchev–Trinajstić information content (AvgIpc) is 2.90. The lowest BCUT2D eigenvalue weighted by Gasteiger charge is -2.14. The molecule has 0 atom stereocenters.